The van der Waals surface area contributed by atoms with Crippen molar-refractivity contribution in [3.63, 3.8) is 0 Å². The lowest BCUT2D eigenvalue weighted by Gasteiger charge is -2.26. The van der Waals surface area contributed by atoms with Gasteiger partial charge in [-0.3, -0.25) is 14.7 Å². The van der Waals surface area contributed by atoms with Crippen LogP contribution in [0, 0.1) is 5.82 Å². The number of amides is 1. The minimum atomic E-state index is -0.573. The van der Waals surface area contributed by atoms with Crippen LogP contribution in [0.5, 0.6) is 17.2 Å². The third-order valence-corrected chi connectivity index (χ3v) is 8.90. The molecule has 0 bridgehead atoms. The van der Waals surface area contributed by atoms with Crippen LogP contribution in [0.2, 0.25) is 0 Å². The SMILES string of the molecule is O=C(Cc1ccccc1)NC(=S)Nc1ccc(Oc2ccnc3cc(-c4ccc(OCCN5CCCCC5)cc4)sc23)c(F)c1. The third-order valence-electron chi connectivity index (χ3n) is 7.51. The van der Waals surface area contributed by atoms with E-state index < -0.39 is 5.82 Å². The third kappa shape index (κ3) is 8.21. The molecule has 1 aliphatic heterocycles. The lowest BCUT2D eigenvalue weighted by Crippen LogP contribution is -2.35. The molecule has 0 radical (unpaired) electrons. The van der Waals surface area contributed by atoms with Gasteiger partial charge in [-0.2, -0.15) is 0 Å². The monoisotopic (exact) mass is 640 g/mol. The molecule has 45 heavy (non-hydrogen) atoms. The van der Waals surface area contributed by atoms with Crippen molar-refractivity contribution in [2.24, 2.45) is 0 Å². The van der Waals surface area contributed by atoms with E-state index in [9.17, 15) is 4.79 Å². The van der Waals surface area contributed by atoms with Gasteiger partial charge in [0.15, 0.2) is 16.7 Å². The van der Waals surface area contributed by atoms with Gasteiger partial charge in [0.05, 0.1) is 16.6 Å². The van der Waals surface area contributed by atoms with Crippen molar-refractivity contribution in [1.29, 1.82) is 0 Å². The summed E-state index contributed by atoms with van der Waals surface area (Å²) in [6, 6.07) is 25.6. The van der Waals surface area contributed by atoms with Crippen molar-refractivity contribution in [3.8, 4) is 27.7 Å². The first-order chi connectivity index (χ1) is 22.0. The lowest BCUT2D eigenvalue weighted by atomic mass is 10.1. The van der Waals surface area contributed by atoms with E-state index in [2.05, 4.69) is 20.5 Å². The summed E-state index contributed by atoms with van der Waals surface area (Å²) < 4.78 is 27.9. The topological polar surface area (TPSA) is 75.7 Å². The predicted octanol–water partition coefficient (Wildman–Crippen LogP) is 7.82. The highest BCUT2D eigenvalue weighted by Crippen LogP contribution is 2.40. The van der Waals surface area contributed by atoms with Crippen molar-refractivity contribution in [2.45, 2.75) is 25.7 Å². The van der Waals surface area contributed by atoms with E-state index in [4.69, 9.17) is 21.7 Å². The summed E-state index contributed by atoms with van der Waals surface area (Å²) in [4.78, 5) is 20.3. The number of rotatable bonds is 10. The molecule has 0 saturated carbocycles. The minimum Gasteiger partial charge on any atom is -0.492 e. The molecular weight excluding hydrogens is 608 g/mol. The Morgan fingerprint density at radius 2 is 1.76 bits per heavy atom. The van der Waals surface area contributed by atoms with E-state index in [1.54, 1.807) is 18.3 Å². The molecule has 1 fully saturated rings. The molecule has 0 unspecified atom stereocenters. The molecule has 1 saturated heterocycles. The largest absolute Gasteiger partial charge is 0.492 e. The molecule has 2 N–H and O–H groups in total. The van der Waals surface area contributed by atoms with Gasteiger partial charge in [-0.25, -0.2) is 4.39 Å². The summed E-state index contributed by atoms with van der Waals surface area (Å²) in [6.45, 7) is 3.95. The molecule has 0 aliphatic carbocycles. The zero-order valence-electron chi connectivity index (χ0n) is 24.6. The van der Waals surface area contributed by atoms with Gasteiger partial charge in [-0.05, 0) is 91.7 Å². The number of hydrogen-bond donors (Lipinski definition) is 2. The van der Waals surface area contributed by atoms with Gasteiger partial charge >= 0.3 is 0 Å². The van der Waals surface area contributed by atoms with Crippen LogP contribution in [0.3, 0.4) is 0 Å². The Morgan fingerprint density at radius 1 is 0.956 bits per heavy atom. The maximum atomic E-state index is 15.1. The summed E-state index contributed by atoms with van der Waals surface area (Å²) >= 11 is 6.78. The second-order valence-corrected chi connectivity index (χ2v) is 12.3. The number of benzene rings is 3. The van der Waals surface area contributed by atoms with Gasteiger partial charge in [0.25, 0.3) is 0 Å². The van der Waals surface area contributed by atoms with E-state index in [-0.39, 0.29) is 23.2 Å². The fourth-order valence-corrected chi connectivity index (χ4v) is 6.53. The molecule has 0 spiro atoms. The highest BCUT2D eigenvalue weighted by atomic mass is 32.1. The number of ether oxygens (including phenoxy) is 2. The van der Waals surface area contributed by atoms with Crippen LogP contribution in [0.25, 0.3) is 20.7 Å². The summed E-state index contributed by atoms with van der Waals surface area (Å²) in [5, 5.41) is 5.57. The van der Waals surface area contributed by atoms with Gasteiger partial charge in [0.2, 0.25) is 5.91 Å². The van der Waals surface area contributed by atoms with E-state index in [0.717, 1.165) is 51.6 Å². The molecule has 230 valence electrons. The number of likely N-dealkylation sites (tertiary alicyclic amines) is 1. The number of hydrogen-bond acceptors (Lipinski definition) is 7. The number of halogens is 1. The first-order valence-corrected chi connectivity index (χ1v) is 16.2. The predicted molar refractivity (Wildman–Crippen MR) is 182 cm³/mol. The van der Waals surface area contributed by atoms with Crippen LogP contribution in [0.1, 0.15) is 24.8 Å². The number of carbonyl (C=O) groups excluding carboxylic acids is 1. The number of anilines is 1. The number of thiophene rings is 1. The number of nitrogens with one attached hydrogen (secondary N) is 2. The Morgan fingerprint density at radius 3 is 2.53 bits per heavy atom. The second-order valence-electron chi connectivity index (χ2n) is 10.8. The molecule has 1 aliphatic rings. The van der Waals surface area contributed by atoms with Crippen molar-refractivity contribution in [2.75, 3.05) is 31.6 Å². The van der Waals surface area contributed by atoms with Gasteiger partial charge in [0, 0.05) is 35.4 Å². The number of piperidine rings is 1. The second kappa shape index (κ2) is 14.6. The molecule has 0 atom stereocenters. The van der Waals surface area contributed by atoms with Gasteiger partial charge in [-0.1, -0.05) is 36.8 Å². The van der Waals surface area contributed by atoms with Crippen LogP contribution in [-0.2, 0) is 11.2 Å². The maximum Gasteiger partial charge on any atom is 0.230 e. The summed E-state index contributed by atoms with van der Waals surface area (Å²) in [5.41, 5.74) is 3.07. The molecule has 3 aromatic carbocycles. The lowest BCUT2D eigenvalue weighted by molar-refractivity contribution is -0.119. The van der Waals surface area contributed by atoms with Crippen LogP contribution in [0.4, 0.5) is 10.1 Å². The van der Waals surface area contributed by atoms with E-state index >= 15 is 4.39 Å². The Hall–Kier alpha value is -4.38. The standard InChI is InChI=1S/C35H33FN4O3S2/c36-28-22-26(38-35(44)39-33(41)21-24-7-3-1-4-8-24)11-14-30(28)43-31-15-16-37-29-23-32(45-34(29)31)25-9-12-27(13-10-25)42-20-19-40-17-5-2-6-18-40/h1,3-4,7-16,22-23H,2,5-6,17-21H2,(H2,38,39,41,44). The molecule has 7 nitrogen and oxygen atoms in total. The zero-order valence-corrected chi connectivity index (χ0v) is 26.3. The number of nitrogens with zero attached hydrogens (tertiary/aromatic N) is 2. The van der Waals surface area contributed by atoms with E-state index in [0.29, 0.717) is 18.0 Å². The number of fused-ring (bicyclic) bond motifs is 1. The Kier molecular flexibility index (Phi) is 9.94. The number of carbonyl (C=O) groups is 1. The number of pyridine rings is 1. The minimum absolute atomic E-state index is 0.0630. The molecule has 6 rings (SSSR count). The average molecular weight is 641 g/mol. The number of aromatic nitrogens is 1. The van der Waals surface area contributed by atoms with Crippen molar-refractivity contribution < 1.29 is 18.7 Å². The van der Waals surface area contributed by atoms with Crippen LogP contribution in [-0.4, -0.2) is 47.1 Å². The fraction of sp³-hybridized carbons (Fsp3) is 0.229. The molecule has 1 amide bonds. The highest BCUT2D eigenvalue weighted by Gasteiger charge is 2.15. The Labute approximate surface area is 271 Å². The van der Waals surface area contributed by atoms with Crippen LogP contribution in [0.15, 0.2) is 91.1 Å². The fourth-order valence-electron chi connectivity index (χ4n) is 5.22. The maximum absolute atomic E-state index is 15.1. The molecule has 2 aromatic heterocycles. The van der Waals surface area contributed by atoms with E-state index in [1.807, 2.05) is 60.7 Å². The first kappa shape index (κ1) is 30.6. The smallest absolute Gasteiger partial charge is 0.230 e. The first-order valence-electron chi connectivity index (χ1n) is 15.0. The van der Waals surface area contributed by atoms with Crippen molar-refractivity contribution >= 4 is 50.5 Å². The Bertz CT molecular complexity index is 1770. The summed E-state index contributed by atoms with van der Waals surface area (Å²) in [7, 11) is 0. The summed E-state index contributed by atoms with van der Waals surface area (Å²) in [5.74, 6) is 0.591. The molecule has 10 heteroatoms. The van der Waals surface area contributed by atoms with Gasteiger partial charge in [0.1, 0.15) is 18.1 Å². The van der Waals surface area contributed by atoms with Gasteiger partial charge < -0.3 is 20.1 Å². The highest BCUT2D eigenvalue weighted by molar-refractivity contribution is 7.80. The quantitative estimate of drug-likeness (QED) is 0.151. The summed E-state index contributed by atoms with van der Waals surface area (Å²) in [6.07, 6.45) is 5.72. The van der Waals surface area contributed by atoms with Gasteiger partial charge in [-0.15, -0.1) is 11.3 Å². The van der Waals surface area contributed by atoms with Crippen molar-refractivity contribution in [3.05, 3.63) is 103 Å². The molecular formula is C35H33FN4O3S2. The van der Waals surface area contributed by atoms with Crippen molar-refractivity contribution in [1.82, 2.24) is 15.2 Å². The normalized spacial score (nSPS) is 13.4. The Balaban J connectivity index is 1.07. The van der Waals surface area contributed by atoms with Crippen LogP contribution >= 0.6 is 23.6 Å². The number of thiocarbonyl (C=S) groups is 1. The van der Waals surface area contributed by atoms with E-state index in [1.165, 1.54) is 42.7 Å². The molecule has 3 heterocycles. The average Bonchev–Trinajstić information content (AvgIpc) is 3.49. The molecule has 5 aromatic rings. The zero-order chi connectivity index (χ0) is 31.0. The van der Waals surface area contributed by atoms with Crippen LogP contribution < -0.4 is 20.1 Å².